The molecule has 3 rings (SSSR count). The van der Waals surface area contributed by atoms with Gasteiger partial charge in [0, 0.05) is 6.20 Å². The minimum atomic E-state index is -0.951. The predicted octanol–water partition coefficient (Wildman–Crippen LogP) is 1.87. The Morgan fingerprint density at radius 1 is 1.29 bits per heavy atom. The summed E-state index contributed by atoms with van der Waals surface area (Å²) in [5.41, 5.74) is 0.634. The number of hydrogen-bond donors (Lipinski definition) is 1. The van der Waals surface area contributed by atoms with Gasteiger partial charge < -0.3 is 10.1 Å². The molecule has 0 unspecified atom stereocenters. The van der Waals surface area contributed by atoms with E-state index in [-0.39, 0.29) is 18.2 Å². The van der Waals surface area contributed by atoms with Crippen molar-refractivity contribution in [2.75, 3.05) is 7.11 Å². The smallest absolute Gasteiger partial charge is 0.331 e. The number of nitrogens with zero attached hydrogens (tertiary/aromatic N) is 2. The lowest BCUT2D eigenvalue weighted by Crippen LogP contribution is -2.55. The van der Waals surface area contributed by atoms with Crippen LogP contribution >= 0.6 is 0 Å². The van der Waals surface area contributed by atoms with Crippen LogP contribution in [0.1, 0.15) is 25.5 Å². The Kier molecular flexibility index (Phi) is 4.38. The fraction of sp³-hybridized carbons (Fsp3) is 0.389. The van der Waals surface area contributed by atoms with E-state index >= 15 is 0 Å². The van der Waals surface area contributed by atoms with Crippen molar-refractivity contribution in [1.82, 2.24) is 15.1 Å². The number of methoxy groups -OCH3 is 1. The molecule has 1 N–H and O–H groups in total. The Labute approximate surface area is 140 Å². The van der Waals surface area contributed by atoms with E-state index < -0.39 is 11.5 Å². The fourth-order valence-corrected chi connectivity index (χ4v) is 2.87. The molecule has 2 aromatic rings. The lowest BCUT2D eigenvalue weighted by atomic mass is 9.95. The minimum absolute atomic E-state index is 0.124. The number of para-hydroxylation sites is 1. The topological polar surface area (TPSA) is 73.2 Å². The van der Waals surface area contributed by atoms with Crippen molar-refractivity contribution < 1.29 is 14.3 Å². The summed E-state index contributed by atoms with van der Waals surface area (Å²) in [6.07, 6.45) is 3.79. The number of carbonyl (C=O) groups is 2. The lowest BCUT2D eigenvalue weighted by molar-refractivity contribution is -0.151. The molecule has 1 saturated carbocycles. The summed E-state index contributed by atoms with van der Waals surface area (Å²) in [6.45, 7) is 1.73. The van der Waals surface area contributed by atoms with E-state index in [4.69, 9.17) is 4.74 Å². The summed E-state index contributed by atoms with van der Waals surface area (Å²) in [5.74, 6) is -0.475. The van der Waals surface area contributed by atoms with Crippen LogP contribution < -0.4 is 5.32 Å². The molecule has 0 radical (unpaired) electrons. The lowest BCUT2D eigenvalue weighted by Gasteiger charge is -2.27. The molecular formula is C18H21N3O3. The van der Waals surface area contributed by atoms with Crippen molar-refractivity contribution in [3.8, 4) is 5.69 Å². The number of esters is 1. The maximum atomic E-state index is 12.4. The highest BCUT2D eigenvalue weighted by atomic mass is 16.5. The maximum Gasteiger partial charge on any atom is 0.331 e. The Morgan fingerprint density at radius 2 is 2.00 bits per heavy atom. The molecule has 0 bridgehead atoms. The zero-order valence-electron chi connectivity index (χ0n) is 13.9. The van der Waals surface area contributed by atoms with Crippen LogP contribution in [-0.2, 0) is 20.7 Å². The SMILES string of the molecule is COC(=O)[C@](C)(NC(=O)Cc1ccn(-c2ccccc2)n1)C1CC1. The van der Waals surface area contributed by atoms with Gasteiger partial charge in [-0.2, -0.15) is 5.10 Å². The van der Waals surface area contributed by atoms with Gasteiger partial charge in [0.25, 0.3) is 0 Å². The van der Waals surface area contributed by atoms with Crippen molar-refractivity contribution in [2.24, 2.45) is 5.92 Å². The van der Waals surface area contributed by atoms with Gasteiger partial charge in [0.05, 0.1) is 24.9 Å². The zero-order valence-corrected chi connectivity index (χ0v) is 13.9. The van der Waals surface area contributed by atoms with Crippen LogP contribution in [-0.4, -0.2) is 34.3 Å². The summed E-state index contributed by atoms with van der Waals surface area (Å²) in [6, 6.07) is 11.5. The van der Waals surface area contributed by atoms with Crippen molar-refractivity contribution in [3.05, 3.63) is 48.3 Å². The molecule has 6 heteroatoms. The van der Waals surface area contributed by atoms with Crippen molar-refractivity contribution in [2.45, 2.75) is 31.7 Å². The van der Waals surface area contributed by atoms with E-state index in [1.165, 1.54) is 7.11 Å². The molecule has 24 heavy (non-hydrogen) atoms. The van der Waals surface area contributed by atoms with Gasteiger partial charge in [-0.05, 0) is 43.9 Å². The summed E-state index contributed by atoms with van der Waals surface area (Å²) in [7, 11) is 1.34. The number of hydrogen-bond acceptors (Lipinski definition) is 4. The molecule has 1 fully saturated rings. The van der Waals surface area contributed by atoms with E-state index in [0.717, 1.165) is 18.5 Å². The molecular weight excluding hydrogens is 306 g/mol. The molecule has 1 atom stereocenters. The van der Waals surface area contributed by atoms with E-state index in [9.17, 15) is 9.59 Å². The summed E-state index contributed by atoms with van der Waals surface area (Å²) >= 11 is 0. The first kappa shape index (κ1) is 16.2. The molecule has 1 aliphatic carbocycles. The Bertz CT molecular complexity index is 737. The second kappa shape index (κ2) is 6.47. The summed E-state index contributed by atoms with van der Waals surface area (Å²) < 4.78 is 6.58. The van der Waals surface area contributed by atoms with Gasteiger partial charge >= 0.3 is 5.97 Å². The molecule has 126 valence electrons. The highest BCUT2D eigenvalue weighted by Crippen LogP contribution is 2.40. The van der Waals surface area contributed by atoms with Gasteiger partial charge in [-0.25, -0.2) is 9.48 Å². The Morgan fingerprint density at radius 3 is 2.62 bits per heavy atom. The minimum Gasteiger partial charge on any atom is -0.467 e. The van der Waals surface area contributed by atoms with Crippen LogP contribution in [0.3, 0.4) is 0 Å². The molecule has 0 aliphatic heterocycles. The third kappa shape index (κ3) is 3.32. The standard InChI is InChI=1S/C18H21N3O3/c1-18(13-8-9-13,17(23)24-2)19-16(22)12-14-10-11-21(20-14)15-6-4-3-5-7-15/h3-7,10-11,13H,8-9,12H2,1-2H3,(H,19,22)/t18-/m1/s1. The fourth-order valence-electron chi connectivity index (χ4n) is 2.87. The highest BCUT2D eigenvalue weighted by molar-refractivity contribution is 5.89. The van der Waals surface area contributed by atoms with Crippen LogP contribution in [0, 0.1) is 5.92 Å². The molecule has 1 amide bonds. The molecule has 1 aliphatic rings. The molecule has 0 saturated heterocycles. The van der Waals surface area contributed by atoms with Crippen LogP contribution in [0.25, 0.3) is 5.69 Å². The van der Waals surface area contributed by atoms with Gasteiger partial charge in [-0.15, -0.1) is 0 Å². The number of carbonyl (C=O) groups excluding carboxylic acids is 2. The van der Waals surface area contributed by atoms with E-state index in [0.29, 0.717) is 5.69 Å². The highest BCUT2D eigenvalue weighted by Gasteiger charge is 2.49. The second-order valence-corrected chi connectivity index (χ2v) is 6.28. The Hall–Kier alpha value is -2.63. The number of aromatic nitrogens is 2. The average Bonchev–Trinajstić information content (AvgIpc) is 3.35. The van der Waals surface area contributed by atoms with Gasteiger partial charge in [0.15, 0.2) is 0 Å². The largest absolute Gasteiger partial charge is 0.467 e. The first-order valence-corrected chi connectivity index (χ1v) is 8.02. The van der Waals surface area contributed by atoms with Crippen LogP contribution in [0.2, 0.25) is 0 Å². The molecule has 1 aromatic carbocycles. The van der Waals surface area contributed by atoms with Gasteiger partial charge in [0.1, 0.15) is 5.54 Å². The third-order valence-corrected chi connectivity index (χ3v) is 4.41. The zero-order chi connectivity index (χ0) is 17.2. The second-order valence-electron chi connectivity index (χ2n) is 6.28. The van der Waals surface area contributed by atoms with E-state index in [2.05, 4.69) is 10.4 Å². The summed E-state index contributed by atoms with van der Waals surface area (Å²) in [4.78, 5) is 24.4. The first-order chi connectivity index (χ1) is 11.5. The first-order valence-electron chi connectivity index (χ1n) is 8.02. The van der Waals surface area contributed by atoms with E-state index in [1.807, 2.05) is 36.5 Å². The quantitative estimate of drug-likeness (QED) is 0.822. The molecule has 1 aromatic heterocycles. The summed E-state index contributed by atoms with van der Waals surface area (Å²) in [5, 5.41) is 7.26. The third-order valence-electron chi connectivity index (χ3n) is 4.41. The number of rotatable bonds is 6. The van der Waals surface area contributed by atoms with Gasteiger partial charge in [0.2, 0.25) is 5.91 Å². The predicted molar refractivity (Wildman–Crippen MR) is 88.6 cm³/mol. The van der Waals surface area contributed by atoms with E-state index in [1.54, 1.807) is 17.7 Å². The van der Waals surface area contributed by atoms with Crippen molar-refractivity contribution in [3.63, 3.8) is 0 Å². The maximum absolute atomic E-state index is 12.4. The normalized spacial score (nSPS) is 16.2. The van der Waals surface area contributed by atoms with Gasteiger partial charge in [-0.3, -0.25) is 4.79 Å². The van der Waals surface area contributed by atoms with Crippen LogP contribution in [0.5, 0.6) is 0 Å². The molecule has 1 heterocycles. The Balaban J connectivity index is 1.67. The van der Waals surface area contributed by atoms with Crippen LogP contribution in [0.4, 0.5) is 0 Å². The number of amides is 1. The van der Waals surface area contributed by atoms with Crippen LogP contribution in [0.15, 0.2) is 42.6 Å². The molecule has 0 spiro atoms. The molecule has 6 nitrogen and oxygen atoms in total. The monoisotopic (exact) mass is 327 g/mol. The van der Waals surface area contributed by atoms with Gasteiger partial charge in [-0.1, -0.05) is 18.2 Å². The number of nitrogens with one attached hydrogen (secondary N) is 1. The average molecular weight is 327 g/mol. The van der Waals surface area contributed by atoms with Crippen molar-refractivity contribution in [1.29, 1.82) is 0 Å². The number of benzene rings is 1. The van der Waals surface area contributed by atoms with Crippen molar-refractivity contribution >= 4 is 11.9 Å². The number of ether oxygens (including phenoxy) is 1.